The van der Waals surface area contributed by atoms with Crippen LogP contribution in [0.15, 0.2) is 11.6 Å². The highest BCUT2D eigenvalue weighted by molar-refractivity contribution is 6.29. The zero-order valence-corrected chi connectivity index (χ0v) is 6.15. The Labute approximate surface area is 63.9 Å². The van der Waals surface area contributed by atoms with E-state index in [1.54, 1.807) is 0 Å². The summed E-state index contributed by atoms with van der Waals surface area (Å²) in [5.74, 6) is -0.535. The molecular weight excluding hydrogens is 156 g/mol. The summed E-state index contributed by atoms with van der Waals surface area (Å²) in [4.78, 5) is 14.6. The van der Waals surface area contributed by atoms with Gasteiger partial charge in [-0.3, -0.25) is 9.63 Å². The normalized spacial score (nSPS) is 9.30. The van der Waals surface area contributed by atoms with Crippen molar-refractivity contribution in [1.82, 2.24) is 5.48 Å². The molecule has 0 aliphatic rings. The number of hydroxylamine groups is 1. The summed E-state index contributed by atoms with van der Waals surface area (Å²) in [7, 11) is 0. The van der Waals surface area contributed by atoms with E-state index in [2.05, 4.69) is 16.9 Å². The van der Waals surface area contributed by atoms with Gasteiger partial charge in [0.2, 0.25) is 5.91 Å². The fourth-order valence-corrected chi connectivity index (χ4v) is 0.306. The second-order valence-electron chi connectivity index (χ2n) is 1.59. The Morgan fingerprint density at radius 3 is 2.80 bits per heavy atom. The Morgan fingerprint density at radius 1 is 1.80 bits per heavy atom. The van der Waals surface area contributed by atoms with Gasteiger partial charge in [-0.2, -0.15) is 5.48 Å². The minimum absolute atomic E-state index is 0.163. The highest BCUT2D eigenvalue weighted by Gasteiger charge is 1.92. The lowest BCUT2D eigenvalue weighted by Crippen LogP contribution is -2.25. The van der Waals surface area contributed by atoms with Crippen LogP contribution < -0.4 is 11.2 Å². The van der Waals surface area contributed by atoms with Crippen molar-refractivity contribution in [2.45, 2.75) is 0 Å². The third-order valence-corrected chi connectivity index (χ3v) is 0.714. The van der Waals surface area contributed by atoms with Crippen molar-refractivity contribution < 1.29 is 9.63 Å². The molecule has 1 amide bonds. The zero-order chi connectivity index (χ0) is 7.98. The quantitative estimate of drug-likeness (QED) is 0.435. The van der Waals surface area contributed by atoms with Crippen LogP contribution in [-0.4, -0.2) is 19.1 Å². The largest absolute Gasteiger partial charge is 0.368 e. The van der Waals surface area contributed by atoms with Gasteiger partial charge in [-0.25, -0.2) is 0 Å². The van der Waals surface area contributed by atoms with E-state index in [1.165, 1.54) is 0 Å². The van der Waals surface area contributed by atoms with Crippen LogP contribution in [0.25, 0.3) is 0 Å². The van der Waals surface area contributed by atoms with E-state index in [4.69, 9.17) is 17.3 Å². The molecule has 0 heterocycles. The molecule has 4 nitrogen and oxygen atoms in total. The third-order valence-electron chi connectivity index (χ3n) is 0.580. The van der Waals surface area contributed by atoms with Crippen LogP contribution in [0.4, 0.5) is 0 Å². The monoisotopic (exact) mass is 164 g/mol. The van der Waals surface area contributed by atoms with Gasteiger partial charge in [0.15, 0.2) is 0 Å². The van der Waals surface area contributed by atoms with E-state index in [0.29, 0.717) is 11.6 Å². The highest BCUT2D eigenvalue weighted by atomic mass is 35.5. The number of nitrogens with two attached hydrogens (primary N) is 1. The number of hydrogen-bond acceptors (Lipinski definition) is 3. The van der Waals surface area contributed by atoms with E-state index in [-0.39, 0.29) is 6.61 Å². The molecule has 0 fully saturated rings. The maximum atomic E-state index is 10.0. The van der Waals surface area contributed by atoms with E-state index in [0.717, 1.165) is 0 Å². The molecule has 0 bridgehead atoms. The highest BCUT2D eigenvalue weighted by Crippen LogP contribution is 1.91. The van der Waals surface area contributed by atoms with Gasteiger partial charge in [0.25, 0.3) is 0 Å². The summed E-state index contributed by atoms with van der Waals surface area (Å²) in [6.07, 6.45) is 0. The minimum atomic E-state index is -0.535. The molecule has 0 aliphatic carbocycles. The Hall–Kier alpha value is -0.580. The molecule has 0 atom stereocenters. The molecule has 0 radical (unpaired) electrons. The van der Waals surface area contributed by atoms with Crippen molar-refractivity contribution in [2.75, 3.05) is 13.2 Å². The molecule has 10 heavy (non-hydrogen) atoms. The Bertz CT molecular complexity index is 122. The van der Waals surface area contributed by atoms with Crippen molar-refractivity contribution in [3.8, 4) is 0 Å². The van der Waals surface area contributed by atoms with Crippen molar-refractivity contribution in [3.05, 3.63) is 11.6 Å². The topological polar surface area (TPSA) is 64.3 Å². The SMILES string of the molecule is C=C(Cl)CNOCC(N)=O. The fourth-order valence-electron chi connectivity index (χ4n) is 0.251. The Morgan fingerprint density at radius 2 is 2.40 bits per heavy atom. The van der Waals surface area contributed by atoms with Gasteiger partial charge in [-0.05, 0) is 0 Å². The van der Waals surface area contributed by atoms with Crippen LogP contribution in [0.3, 0.4) is 0 Å². The van der Waals surface area contributed by atoms with E-state index in [9.17, 15) is 4.79 Å². The number of halogens is 1. The van der Waals surface area contributed by atoms with Gasteiger partial charge < -0.3 is 5.73 Å². The summed E-state index contributed by atoms with van der Waals surface area (Å²) in [5.41, 5.74) is 7.13. The summed E-state index contributed by atoms with van der Waals surface area (Å²) in [5, 5.41) is 0.407. The smallest absolute Gasteiger partial charge is 0.245 e. The molecule has 0 aromatic rings. The van der Waals surface area contributed by atoms with Crippen LogP contribution in [0, 0.1) is 0 Å². The lowest BCUT2D eigenvalue weighted by Gasteiger charge is -2.00. The molecule has 0 saturated carbocycles. The molecular formula is C5H9ClN2O2. The zero-order valence-electron chi connectivity index (χ0n) is 5.39. The number of nitrogens with one attached hydrogen (secondary N) is 1. The molecule has 0 rings (SSSR count). The molecule has 0 aromatic heterocycles. The van der Waals surface area contributed by atoms with Gasteiger partial charge >= 0.3 is 0 Å². The fraction of sp³-hybridized carbons (Fsp3) is 0.400. The lowest BCUT2D eigenvalue weighted by atomic mass is 10.6. The predicted octanol–water partition coefficient (Wildman–Crippen LogP) is -0.255. The number of amides is 1. The predicted molar refractivity (Wildman–Crippen MR) is 38.1 cm³/mol. The lowest BCUT2D eigenvalue weighted by molar-refractivity contribution is -0.125. The maximum Gasteiger partial charge on any atom is 0.245 e. The average molecular weight is 165 g/mol. The number of primary amides is 1. The molecule has 0 unspecified atom stereocenters. The summed E-state index contributed by atoms with van der Waals surface area (Å²) in [6.45, 7) is 3.52. The van der Waals surface area contributed by atoms with Gasteiger partial charge in [-0.1, -0.05) is 18.2 Å². The molecule has 58 valence electrons. The number of carbonyl (C=O) groups excluding carboxylic acids is 1. The van der Waals surface area contributed by atoms with Crippen LogP contribution >= 0.6 is 11.6 Å². The minimum Gasteiger partial charge on any atom is -0.368 e. The number of carbonyl (C=O) groups is 1. The van der Waals surface area contributed by atoms with Crippen LogP contribution in [0.2, 0.25) is 0 Å². The molecule has 5 heteroatoms. The van der Waals surface area contributed by atoms with Crippen LogP contribution in [0.1, 0.15) is 0 Å². The van der Waals surface area contributed by atoms with Gasteiger partial charge in [0.05, 0.1) is 6.54 Å². The Balaban J connectivity index is 3.06. The van der Waals surface area contributed by atoms with Crippen molar-refractivity contribution in [1.29, 1.82) is 0 Å². The van der Waals surface area contributed by atoms with E-state index in [1.807, 2.05) is 0 Å². The molecule has 0 aromatic carbocycles. The van der Waals surface area contributed by atoms with Crippen LogP contribution in [0.5, 0.6) is 0 Å². The summed E-state index contributed by atoms with van der Waals surface area (Å²) >= 11 is 5.34. The molecule has 0 spiro atoms. The first-order valence-corrected chi connectivity index (χ1v) is 2.97. The van der Waals surface area contributed by atoms with Crippen molar-refractivity contribution in [2.24, 2.45) is 5.73 Å². The first kappa shape index (κ1) is 9.42. The van der Waals surface area contributed by atoms with Crippen molar-refractivity contribution in [3.63, 3.8) is 0 Å². The number of hydrogen-bond donors (Lipinski definition) is 2. The van der Waals surface area contributed by atoms with Gasteiger partial charge in [0, 0.05) is 5.03 Å². The second kappa shape index (κ2) is 5.22. The number of rotatable bonds is 5. The second-order valence-corrected chi connectivity index (χ2v) is 2.13. The summed E-state index contributed by atoms with van der Waals surface area (Å²) in [6, 6.07) is 0. The van der Waals surface area contributed by atoms with E-state index >= 15 is 0 Å². The van der Waals surface area contributed by atoms with Crippen LogP contribution in [-0.2, 0) is 9.63 Å². The van der Waals surface area contributed by atoms with Crippen molar-refractivity contribution >= 4 is 17.5 Å². The maximum absolute atomic E-state index is 10.0. The molecule has 0 aliphatic heterocycles. The average Bonchev–Trinajstić information content (AvgIpc) is 1.79. The first-order chi connectivity index (χ1) is 4.63. The van der Waals surface area contributed by atoms with E-state index < -0.39 is 5.91 Å². The summed E-state index contributed by atoms with van der Waals surface area (Å²) < 4.78 is 0. The Kier molecular flexibility index (Phi) is 4.92. The molecule has 3 N–H and O–H groups in total. The van der Waals surface area contributed by atoms with Gasteiger partial charge in [0.1, 0.15) is 6.61 Å². The standard InChI is InChI=1S/C5H9ClN2O2/c1-4(6)2-8-10-3-5(7)9/h8H,1-3H2,(H2,7,9). The first-order valence-electron chi connectivity index (χ1n) is 2.59. The molecule has 0 saturated heterocycles. The van der Waals surface area contributed by atoms with Gasteiger partial charge in [-0.15, -0.1) is 0 Å². The third kappa shape index (κ3) is 7.42.